The second-order valence-electron chi connectivity index (χ2n) is 8.12. The smallest absolute Gasteiger partial charge is 0.243 e. The van der Waals surface area contributed by atoms with Crippen LogP contribution in [0, 0.1) is 5.82 Å². The number of fused-ring (bicyclic) bond motifs is 3. The summed E-state index contributed by atoms with van der Waals surface area (Å²) in [6.07, 6.45) is 0.134. The predicted molar refractivity (Wildman–Crippen MR) is 123 cm³/mol. The van der Waals surface area contributed by atoms with Crippen LogP contribution in [0.5, 0.6) is 0 Å². The molecule has 0 bridgehead atoms. The van der Waals surface area contributed by atoms with Gasteiger partial charge in [-0.2, -0.15) is 0 Å². The molecule has 0 fully saturated rings. The molecule has 0 aromatic heterocycles. The van der Waals surface area contributed by atoms with E-state index < -0.39 is 41.5 Å². The maximum absolute atomic E-state index is 13.3. The normalized spacial score (nSPS) is 14.0. The van der Waals surface area contributed by atoms with Crippen LogP contribution < -0.4 is 16.4 Å². The Morgan fingerprint density at radius 1 is 0.879 bits per heavy atom. The van der Waals surface area contributed by atoms with E-state index in [0.717, 1.165) is 22.3 Å². The minimum absolute atomic E-state index is 0.134. The average Bonchev–Trinajstić information content (AvgIpc) is 3.12. The van der Waals surface area contributed by atoms with Gasteiger partial charge in [0.25, 0.3) is 0 Å². The zero-order valence-electron chi connectivity index (χ0n) is 18.0. The van der Waals surface area contributed by atoms with E-state index in [1.165, 1.54) is 19.1 Å². The van der Waals surface area contributed by atoms with Gasteiger partial charge in [0.05, 0.1) is 0 Å². The van der Waals surface area contributed by atoms with Crippen LogP contribution in [-0.2, 0) is 20.8 Å². The molecule has 0 unspecified atom stereocenters. The molecule has 0 aliphatic heterocycles. The molecule has 4 N–H and O–H groups in total. The van der Waals surface area contributed by atoms with Crippen LogP contribution in [0.25, 0.3) is 11.1 Å². The number of benzene rings is 3. The Labute approximate surface area is 191 Å². The molecule has 1 aliphatic rings. The molecule has 168 valence electrons. The minimum atomic E-state index is -1.02. The van der Waals surface area contributed by atoms with Crippen LogP contribution in [0.15, 0.2) is 72.8 Å². The Morgan fingerprint density at radius 2 is 1.42 bits per heavy atom. The highest BCUT2D eigenvalue weighted by Crippen LogP contribution is 2.46. The van der Waals surface area contributed by atoms with E-state index >= 15 is 0 Å². The van der Waals surface area contributed by atoms with Crippen molar-refractivity contribution in [1.29, 1.82) is 0 Å². The van der Waals surface area contributed by atoms with Gasteiger partial charge in [-0.15, -0.1) is 0 Å². The minimum Gasteiger partial charge on any atom is -0.368 e. The Bertz CT molecular complexity index is 1160. The van der Waals surface area contributed by atoms with Crippen molar-refractivity contribution in [2.75, 3.05) is 0 Å². The standard InChI is InChI=1S/C26H24FN3O3/c1-15(31)29-22(14-16-10-12-17(27)13-11-16)26(33)30-24(25(28)32)23-20-8-4-2-6-18(20)19-7-3-5-9-21(19)23/h2-13,22-24H,14H2,1H3,(H2,28,32)(H,29,31)(H,30,33)/t22-,24-/m1/s1. The van der Waals surface area contributed by atoms with Gasteiger partial charge < -0.3 is 16.4 Å². The van der Waals surface area contributed by atoms with Gasteiger partial charge in [-0.3, -0.25) is 14.4 Å². The van der Waals surface area contributed by atoms with Crippen LogP contribution in [-0.4, -0.2) is 29.8 Å². The maximum Gasteiger partial charge on any atom is 0.243 e. The number of carbonyl (C=O) groups is 3. The molecule has 0 saturated carbocycles. The van der Waals surface area contributed by atoms with Gasteiger partial charge in [-0.25, -0.2) is 4.39 Å². The van der Waals surface area contributed by atoms with Gasteiger partial charge in [0.2, 0.25) is 17.7 Å². The predicted octanol–water partition coefficient (Wildman–Crippen LogP) is 2.66. The van der Waals surface area contributed by atoms with Gasteiger partial charge >= 0.3 is 0 Å². The lowest BCUT2D eigenvalue weighted by atomic mass is 9.88. The highest BCUT2D eigenvalue weighted by Gasteiger charge is 2.38. The number of hydrogen-bond donors (Lipinski definition) is 3. The number of carbonyl (C=O) groups excluding carboxylic acids is 3. The van der Waals surface area contributed by atoms with Gasteiger partial charge in [-0.1, -0.05) is 60.7 Å². The molecule has 6 nitrogen and oxygen atoms in total. The number of primary amides is 1. The first-order valence-electron chi connectivity index (χ1n) is 10.6. The van der Waals surface area contributed by atoms with Crippen molar-refractivity contribution >= 4 is 17.7 Å². The molecule has 33 heavy (non-hydrogen) atoms. The Balaban J connectivity index is 1.64. The number of nitrogens with one attached hydrogen (secondary N) is 2. The average molecular weight is 445 g/mol. The van der Waals surface area contributed by atoms with Crippen LogP contribution in [0.1, 0.15) is 29.5 Å². The molecule has 3 amide bonds. The largest absolute Gasteiger partial charge is 0.368 e. The van der Waals surface area contributed by atoms with E-state index in [0.29, 0.717) is 5.56 Å². The van der Waals surface area contributed by atoms with Gasteiger partial charge in [0.15, 0.2) is 0 Å². The third-order valence-corrected chi connectivity index (χ3v) is 5.87. The number of hydrogen-bond acceptors (Lipinski definition) is 3. The lowest BCUT2D eigenvalue weighted by Crippen LogP contribution is -2.55. The van der Waals surface area contributed by atoms with E-state index in [4.69, 9.17) is 5.73 Å². The van der Waals surface area contributed by atoms with Crippen LogP contribution >= 0.6 is 0 Å². The third kappa shape index (κ3) is 4.62. The first-order chi connectivity index (χ1) is 15.8. The van der Waals surface area contributed by atoms with E-state index in [1.54, 1.807) is 12.1 Å². The fraction of sp³-hybridized carbons (Fsp3) is 0.192. The fourth-order valence-corrected chi connectivity index (χ4v) is 4.44. The fourth-order valence-electron chi connectivity index (χ4n) is 4.44. The second kappa shape index (κ2) is 9.24. The lowest BCUT2D eigenvalue weighted by Gasteiger charge is -2.26. The Kier molecular flexibility index (Phi) is 6.22. The first-order valence-corrected chi connectivity index (χ1v) is 10.6. The quantitative estimate of drug-likeness (QED) is 0.521. The van der Waals surface area contributed by atoms with Crippen LogP contribution in [0.3, 0.4) is 0 Å². The van der Waals surface area contributed by atoms with Gasteiger partial charge in [0, 0.05) is 19.3 Å². The molecule has 3 aromatic rings. The van der Waals surface area contributed by atoms with Crippen molar-refractivity contribution in [3.8, 4) is 11.1 Å². The molecule has 2 atom stereocenters. The van der Waals surface area contributed by atoms with E-state index in [9.17, 15) is 18.8 Å². The highest BCUT2D eigenvalue weighted by molar-refractivity contribution is 5.94. The monoisotopic (exact) mass is 445 g/mol. The highest BCUT2D eigenvalue weighted by atomic mass is 19.1. The first kappa shape index (κ1) is 22.2. The Hall–Kier alpha value is -4.00. The van der Waals surface area contributed by atoms with E-state index in [2.05, 4.69) is 10.6 Å². The molecular weight excluding hydrogens is 421 g/mol. The number of rotatable bonds is 7. The third-order valence-electron chi connectivity index (χ3n) is 5.87. The number of halogens is 1. The molecular formula is C26H24FN3O3. The maximum atomic E-state index is 13.3. The van der Waals surface area contributed by atoms with Crippen molar-refractivity contribution in [1.82, 2.24) is 10.6 Å². The van der Waals surface area contributed by atoms with E-state index in [1.807, 2.05) is 48.5 Å². The second-order valence-corrected chi connectivity index (χ2v) is 8.12. The van der Waals surface area contributed by atoms with Crippen molar-refractivity contribution in [3.63, 3.8) is 0 Å². The topological polar surface area (TPSA) is 101 Å². The van der Waals surface area contributed by atoms with Crippen molar-refractivity contribution in [2.24, 2.45) is 5.73 Å². The van der Waals surface area contributed by atoms with Crippen molar-refractivity contribution in [2.45, 2.75) is 31.3 Å². The zero-order chi connectivity index (χ0) is 23.5. The molecule has 0 spiro atoms. The van der Waals surface area contributed by atoms with Crippen LogP contribution in [0.2, 0.25) is 0 Å². The molecule has 1 aliphatic carbocycles. The molecule has 7 heteroatoms. The summed E-state index contributed by atoms with van der Waals surface area (Å²) in [6, 6.07) is 19.1. The summed E-state index contributed by atoms with van der Waals surface area (Å²) >= 11 is 0. The summed E-state index contributed by atoms with van der Waals surface area (Å²) in [4.78, 5) is 37.6. The summed E-state index contributed by atoms with van der Waals surface area (Å²) in [6.45, 7) is 1.31. The summed E-state index contributed by atoms with van der Waals surface area (Å²) in [5.74, 6) is -2.47. The SMILES string of the molecule is CC(=O)N[C@H](Cc1ccc(F)cc1)C(=O)N[C@@H](C(N)=O)C1c2ccccc2-c2ccccc21. The summed E-state index contributed by atoms with van der Waals surface area (Å²) in [7, 11) is 0. The number of nitrogens with two attached hydrogens (primary N) is 1. The summed E-state index contributed by atoms with van der Waals surface area (Å²) in [5.41, 5.74) is 10.2. The molecule has 0 heterocycles. The molecule has 4 rings (SSSR count). The summed E-state index contributed by atoms with van der Waals surface area (Å²) < 4.78 is 13.3. The zero-order valence-corrected chi connectivity index (χ0v) is 18.0. The molecule has 0 saturated heterocycles. The number of amides is 3. The van der Waals surface area contributed by atoms with Gasteiger partial charge in [-0.05, 0) is 39.9 Å². The molecule has 0 radical (unpaired) electrons. The van der Waals surface area contributed by atoms with E-state index in [-0.39, 0.29) is 6.42 Å². The van der Waals surface area contributed by atoms with Crippen molar-refractivity contribution in [3.05, 3.63) is 95.3 Å². The van der Waals surface area contributed by atoms with Crippen LogP contribution in [0.4, 0.5) is 4.39 Å². The molecule has 3 aromatic carbocycles. The van der Waals surface area contributed by atoms with Crippen molar-refractivity contribution < 1.29 is 18.8 Å². The van der Waals surface area contributed by atoms with Gasteiger partial charge in [0.1, 0.15) is 17.9 Å². The Morgan fingerprint density at radius 3 is 1.94 bits per heavy atom. The summed E-state index contributed by atoms with van der Waals surface area (Å²) in [5, 5.41) is 5.39. The lowest BCUT2D eigenvalue weighted by molar-refractivity contribution is -0.131.